The summed E-state index contributed by atoms with van der Waals surface area (Å²) in [5.41, 5.74) is -0.0704. The van der Waals surface area contributed by atoms with E-state index in [1.54, 1.807) is 14.0 Å². The van der Waals surface area contributed by atoms with Gasteiger partial charge in [0.2, 0.25) is 5.91 Å². The zero-order valence-corrected chi connectivity index (χ0v) is 16.7. The van der Waals surface area contributed by atoms with Gasteiger partial charge in [-0.3, -0.25) is 4.79 Å². The van der Waals surface area contributed by atoms with E-state index in [0.717, 1.165) is 0 Å². The fraction of sp³-hybridized carbons (Fsp3) is 0.737. The molecule has 2 amide bonds. The van der Waals surface area contributed by atoms with Crippen LogP contribution < -0.4 is 5.32 Å². The van der Waals surface area contributed by atoms with Gasteiger partial charge in [0.15, 0.2) is 6.10 Å². The minimum Gasteiger partial charge on any atom is -0.460 e. The number of carbonyl (C=O) groups excluding carboxylic acids is 3. The first-order chi connectivity index (χ1) is 12.6. The second-order valence-electron chi connectivity index (χ2n) is 8.10. The van der Waals surface area contributed by atoms with Crippen LogP contribution in [0.25, 0.3) is 0 Å². The molecule has 4 unspecified atom stereocenters. The number of amides is 2. The van der Waals surface area contributed by atoms with Crippen LogP contribution >= 0.6 is 0 Å². The zero-order valence-electron chi connectivity index (χ0n) is 16.7. The van der Waals surface area contributed by atoms with Crippen molar-refractivity contribution in [3.63, 3.8) is 0 Å². The average molecular weight is 382 g/mol. The number of likely N-dealkylation sites (tertiary alicyclic amines) is 1. The minimum atomic E-state index is -0.625. The second kappa shape index (κ2) is 8.29. The van der Waals surface area contributed by atoms with Gasteiger partial charge >= 0.3 is 12.1 Å². The van der Waals surface area contributed by atoms with Crippen LogP contribution in [0.1, 0.15) is 40.5 Å². The van der Waals surface area contributed by atoms with Gasteiger partial charge in [-0.15, -0.1) is 0 Å². The van der Waals surface area contributed by atoms with Crippen LogP contribution in [0, 0.1) is 5.92 Å². The molecule has 8 heteroatoms. The van der Waals surface area contributed by atoms with Gasteiger partial charge in [-0.2, -0.15) is 0 Å². The van der Waals surface area contributed by atoms with Crippen LogP contribution in [-0.2, 0) is 23.8 Å². The number of nitrogens with zero attached hydrogens (tertiary/aromatic N) is 1. The fourth-order valence-electron chi connectivity index (χ4n) is 3.80. The molecule has 0 aromatic heterocycles. The average Bonchev–Trinajstić information content (AvgIpc) is 2.85. The fourth-order valence-corrected chi connectivity index (χ4v) is 3.80. The summed E-state index contributed by atoms with van der Waals surface area (Å²) in [5.74, 6) is -0.510. The summed E-state index contributed by atoms with van der Waals surface area (Å²) >= 11 is 0. The van der Waals surface area contributed by atoms with E-state index >= 15 is 0 Å². The Morgan fingerprint density at radius 3 is 2.52 bits per heavy atom. The molecule has 2 rings (SSSR count). The van der Waals surface area contributed by atoms with E-state index in [4.69, 9.17) is 14.2 Å². The Bertz CT molecular complexity index is 612. The van der Waals surface area contributed by atoms with E-state index in [-0.39, 0.29) is 42.7 Å². The van der Waals surface area contributed by atoms with Crippen LogP contribution in [0.5, 0.6) is 0 Å². The van der Waals surface area contributed by atoms with Crippen molar-refractivity contribution in [2.45, 2.75) is 64.3 Å². The SMILES string of the molecule is C=C(C)C(=O)OCCNC(=O)OC1C(OC)CC2CC1N(C(C)(C)C)C2=O. The van der Waals surface area contributed by atoms with Crippen molar-refractivity contribution in [2.75, 3.05) is 20.3 Å². The van der Waals surface area contributed by atoms with E-state index in [9.17, 15) is 14.4 Å². The highest BCUT2D eigenvalue weighted by molar-refractivity contribution is 5.87. The Kier molecular flexibility index (Phi) is 6.51. The lowest BCUT2D eigenvalue weighted by Gasteiger charge is -2.41. The van der Waals surface area contributed by atoms with Crippen LogP contribution in [0.15, 0.2) is 12.2 Å². The summed E-state index contributed by atoms with van der Waals surface area (Å²) in [6.45, 7) is 11.1. The first-order valence-corrected chi connectivity index (χ1v) is 9.19. The highest BCUT2D eigenvalue weighted by Gasteiger charge is 2.55. The van der Waals surface area contributed by atoms with Gasteiger partial charge in [-0.25, -0.2) is 9.59 Å². The summed E-state index contributed by atoms with van der Waals surface area (Å²) in [7, 11) is 1.56. The van der Waals surface area contributed by atoms with E-state index in [1.807, 2.05) is 25.7 Å². The van der Waals surface area contributed by atoms with Gasteiger partial charge in [-0.05, 0) is 40.5 Å². The molecule has 152 valence electrons. The van der Waals surface area contributed by atoms with Crippen LogP contribution in [0.4, 0.5) is 4.79 Å². The smallest absolute Gasteiger partial charge is 0.407 e. The molecule has 0 spiro atoms. The lowest BCUT2D eigenvalue weighted by molar-refractivity contribution is -0.138. The van der Waals surface area contributed by atoms with Crippen molar-refractivity contribution in [1.29, 1.82) is 0 Å². The Labute approximate surface area is 160 Å². The lowest BCUT2D eigenvalue weighted by Crippen LogP contribution is -2.55. The molecule has 2 bridgehead atoms. The molecule has 27 heavy (non-hydrogen) atoms. The normalized spacial score (nSPS) is 27.3. The number of hydrogen-bond donors (Lipinski definition) is 1. The molecule has 0 radical (unpaired) electrons. The number of hydrogen-bond acceptors (Lipinski definition) is 6. The topological polar surface area (TPSA) is 94.2 Å². The maximum Gasteiger partial charge on any atom is 0.407 e. The molecule has 1 aliphatic heterocycles. The maximum atomic E-state index is 12.7. The predicted molar refractivity (Wildman–Crippen MR) is 98.0 cm³/mol. The van der Waals surface area contributed by atoms with Gasteiger partial charge in [-0.1, -0.05) is 6.58 Å². The number of methoxy groups -OCH3 is 1. The van der Waals surface area contributed by atoms with Gasteiger partial charge in [0.05, 0.1) is 18.7 Å². The van der Waals surface area contributed by atoms with Crippen LogP contribution in [0.2, 0.25) is 0 Å². The van der Waals surface area contributed by atoms with Crippen molar-refractivity contribution < 1.29 is 28.6 Å². The van der Waals surface area contributed by atoms with Gasteiger partial charge in [0, 0.05) is 24.1 Å². The number of fused-ring (bicyclic) bond motifs is 2. The van der Waals surface area contributed by atoms with E-state index in [1.165, 1.54) is 0 Å². The summed E-state index contributed by atoms with van der Waals surface area (Å²) in [6, 6.07) is -0.215. The largest absolute Gasteiger partial charge is 0.460 e. The van der Waals surface area contributed by atoms with Gasteiger partial charge in [0.1, 0.15) is 6.61 Å². The molecule has 4 atom stereocenters. The summed E-state index contributed by atoms with van der Waals surface area (Å²) in [5, 5.41) is 2.56. The van der Waals surface area contributed by atoms with Crippen molar-refractivity contribution in [2.24, 2.45) is 5.92 Å². The molecule has 2 fully saturated rings. The Hall–Kier alpha value is -2.09. The highest BCUT2D eigenvalue weighted by Crippen LogP contribution is 2.42. The van der Waals surface area contributed by atoms with E-state index < -0.39 is 18.2 Å². The van der Waals surface area contributed by atoms with Crippen LogP contribution in [0.3, 0.4) is 0 Å². The molecule has 0 aromatic rings. The maximum absolute atomic E-state index is 12.7. The standard InChI is InChI=1S/C19H30N2O6/c1-11(2)17(23)26-8-7-20-18(24)27-15-13-9-12(10-14(15)25-6)16(22)21(13)19(3,4)5/h12-15H,1,7-10H2,2-6H3,(H,20,24). The third-order valence-electron chi connectivity index (χ3n) is 4.93. The summed E-state index contributed by atoms with van der Waals surface area (Å²) in [4.78, 5) is 38.1. The number of ether oxygens (including phenoxy) is 3. The minimum absolute atomic E-state index is 0.0251. The van der Waals surface area contributed by atoms with Crippen molar-refractivity contribution in [3.05, 3.63) is 12.2 Å². The molecule has 1 saturated carbocycles. The molecule has 8 nitrogen and oxygen atoms in total. The predicted octanol–water partition coefficient (Wildman–Crippen LogP) is 1.63. The molecular formula is C19H30N2O6. The zero-order chi connectivity index (χ0) is 20.4. The summed E-state index contributed by atoms with van der Waals surface area (Å²) in [6.07, 6.45) is -0.316. The molecule has 1 saturated heterocycles. The monoisotopic (exact) mass is 382 g/mol. The quantitative estimate of drug-likeness (QED) is 0.426. The van der Waals surface area contributed by atoms with Crippen molar-refractivity contribution in [3.8, 4) is 0 Å². The lowest BCUT2D eigenvalue weighted by atomic mass is 9.85. The Morgan fingerprint density at radius 2 is 1.96 bits per heavy atom. The van der Waals surface area contributed by atoms with E-state index in [2.05, 4.69) is 11.9 Å². The number of nitrogens with one attached hydrogen (secondary N) is 1. The molecule has 1 N–H and O–H groups in total. The molecule has 1 heterocycles. The third kappa shape index (κ3) is 4.80. The molecule has 2 aliphatic rings. The number of alkyl carbamates (subject to hydrolysis) is 1. The van der Waals surface area contributed by atoms with Crippen molar-refractivity contribution in [1.82, 2.24) is 10.2 Å². The Balaban J connectivity index is 1.96. The second-order valence-corrected chi connectivity index (χ2v) is 8.10. The third-order valence-corrected chi connectivity index (χ3v) is 4.93. The van der Waals surface area contributed by atoms with Gasteiger partial charge < -0.3 is 24.4 Å². The number of esters is 1. The van der Waals surface area contributed by atoms with E-state index in [0.29, 0.717) is 18.4 Å². The first-order valence-electron chi connectivity index (χ1n) is 9.19. The van der Waals surface area contributed by atoms with Gasteiger partial charge in [0.25, 0.3) is 0 Å². The highest BCUT2D eigenvalue weighted by atomic mass is 16.6. The van der Waals surface area contributed by atoms with Crippen LogP contribution in [-0.4, -0.2) is 66.9 Å². The first kappa shape index (κ1) is 21.2. The molecular weight excluding hydrogens is 352 g/mol. The molecule has 0 aromatic carbocycles. The summed E-state index contributed by atoms with van der Waals surface area (Å²) < 4.78 is 16.1. The number of rotatable bonds is 6. The number of carbonyl (C=O) groups is 3. The van der Waals surface area contributed by atoms with Crippen molar-refractivity contribution >= 4 is 18.0 Å². The molecule has 1 aliphatic carbocycles. The Morgan fingerprint density at radius 1 is 1.30 bits per heavy atom.